The second-order valence-corrected chi connectivity index (χ2v) is 5.91. The SMILES string of the molecule is C[C@@H]1CC2(NC(=S)NC2=O)c2cc(Br)ccc2O1. The zero-order valence-electron chi connectivity index (χ0n) is 9.62. The highest BCUT2D eigenvalue weighted by molar-refractivity contribution is 9.10. The molecule has 1 aromatic rings. The highest BCUT2D eigenvalue weighted by Crippen LogP contribution is 2.42. The van der Waals surface area contributed by atoms with Crippen LogP contribution >= 0.6 is 28.1 Å². The lowest BCUT2D eigenvalue weighted by Crippen LogP contribution is -2.49. The van der Waals surface area contributed by atoms with Crippen molar-refractivity contribution in [3.8, 4) is 5.75 Å². The van der Waals surface area contributed by atoms with Gasteiger partial charge in [-0.15, -0.1) is 0 Å². The lowest BCUT2D eigenvalue weighted by Gasteiger charge is -2.36. The molecular formula is C12H11BrN2O2S. The first kappa shape index (κ1) is 11.9. The summed E-state index contributed by atoms with van der Waals surface area (Å²) in [5, 5.41) is 6.15. The summed E-state index contributed by atoms with van der Waals surface area (Å²) in [6, 6.07) is 5.67. The van der Waals surface area contributed by atoms with Crippen molar-refractivity contribution in [2.75, 3.05) is 0 Å². The molecule has 0 bridgehead atoms. The van der Waals surface area contributed by atoms with E-state index >= 15 is 0 Å². The Bertz CT molecular complexity index is 563. The van der Waals surface area contributed by atoms with E-state index < -0.39 is 5.54 Å². The second kappa shape index (κ2) is 3.93. The predicted molar refractivity (Wildman–Crippen MR) is 74.4 cm³/mol. The van der Waals surface area contributed by atoms with Crippen molar-refractivity contribution >= 4 is 39.2 Å². The van der Waals surface area contributed by atoms with E-state index in [1.165, 1.54) is 0 Å². The molecule has 0 saturated carbocycles. The third-order valence-corrected chi connectivity index (χ3v) is 3.96. The van der Waals surface area contributed by atoms with Crippen LogP contribution in [0.15, 0.2) is 22.7 Å². The molecule has 6 heteroatoms. The van der Waals surface area contributed by atoms with Crippen molar-refractivity contribution in [1.82, 2.24) is 10.6 Å². The lowest BCUT2D eigenvalue weighted by molar-refractivity contribution is -0.126. The average molecular weight is 327 g/mol. The molecule has 3 rings (SSSR count). The van der Waals surface area contributed by atoms with Gasteiger partial charge in [-0.05, 0) is 37.3 Å². The molecule has 0 aromatic heterocycles. The van der Waals surface area contributed by atoms with E-state index in [9.17, 15) is 4.79 Å². The van der Waals surface area contributed by atoms with Gasteiger partial charge in [-0.1, -0.05) is 15.9 Å². The molecule has 18 heavy (non-hydrogen) atoms. The normalized spacial score (nSPS) is 29.6. The Morgan fingerprint density at radius 2 is 2.33 bits per heavy atom. The van der Waals surface area contributed by atoms with Crippen LogP contribution in [-0.2, 0) is 10.3 Å². The predicted octanol–water partition coefficient (Wildman–Crippen LogP) is 1.82. The van der Waals surface area contributed by atoms with Gasteiger partial charge in [-0.3, -0.25) is 4.79 Å². The molecule has 1 fully saturated rings. The Morgan fingerprint density at radius 3 is 3.00 bits per heavy atom. The van der Waals surface area contributed by atoms with Gasteiger partial charge in [-0.25, -0.2) is 0 Å². The molecule has 1 amide bonds. The largest absolute Gasteiger partial charge is 0.490 e. The van der Waals surface area contributed by atoms with Crippen LogP contribution in [0, 0.1) is 0 Å². The minimum atomic E-state index is -0.798. The van der Waals surface area contributed by atoms with Gasteiger partial charge in [0.05, 0.1) is 6.10 Å². The average Bonchev–Trinajstić information content (AvgIpc) is 2.55. The van der Waals surface area contributed by atoms with Crippen molar-refractivity contribution in [3.63, 3.8) is 0 Å². The first-order valence-electron chi connectivity index (χ1n) is 5.61. The van der Waals surface area contributed by atoms with Crippen LogP contribution in [0.1, 0.15) is 18.9 Å². The van der Waals surface area contributed by atoms with Crippen molar-refractivity contribution in [2.45, 2.75) is 25.0 Å². The number of ether oxygens (including phenoxy) is 1. The quantitative estimate of drug-likeness (QED) is 0.714. The zero-order chi connectivity index (χ0) is 12.9. The van der Waals surface area contributed by atoms with E-state index in [1.807, 2.05) is 25.1 Å². The summed E-state index contributed by atoms with van der Waals surface area (Å²) in [7, 11) is 0. The van der Waals surface area contributed by atoms with Gasteiger partial charge < -0.3 is 15.4 Å². The third-order valence-electron chi connectivity index (χ3n) is 3.26. The molecule has 2 aliphatic rings. The number of nitrogens with one attached hydrogen (secondary N) is 2. The maximum Gasteiger partial charge on any atom is 0.256 e. The number of thiocarbonyl (C=S) groups is 1. The zero-order valence-corrected chi connectivity index (χ0v) is 12.0. The molecule has 1 aromatic carbocycles. The van der Waals surface area contributed by atoms with Crippen LogP contribution in [0.2, 0.25) is 0 Å². The minimum absolute atomic E-state index is 0.0437. The van der Waals surface area contributed by atoms with Crippen LogP contribution in [0.3, 0.4) is 0 Å². The van der Waals surface area contributed by atoms with Crippen molar-refractivity contribution in [1.29, 1.82) is 0 Å². The Balaban J connectivity index is 2.20. The molecule has 2 atom stereocenters. The van der Waals surface area contributed by atoms with Crippen LogP contribution in [0.25, 0.3) is 0 Å². The fourth-order valence-corrected chi connectivity index (χ4v) is 3.19. The van der Waals surface area contributed by atoms with Crippen molar-refractivity contribution < 1.29 is 9.53 Å². The number of benzene rings is 1. The number of hydrogen-bond acceptors (Lipinski definition) is 3. The maximum atomic E-state index is 12.2. The number of fused-ring (bicyclic) bond motifs is 2. The number of amides is 1. The number of carbonyl (C=O) groups excluding carboxylic acids is 1. The number of carbonyl (C=O) groups is 1. The van der Waals surface area contributed by atoms with Crippen molar-refractivity contribution in [2.24, 2.45) is 0 Å². The molecule has 1 unspecified atom stereocenters. The molecule has 4 nitrogen and oxygen atoms in total. The van der Waals surface area contributed by atoms with Gasteiger partial charge in [0.15, 0.2) is 10.7 Å². The fourth-order valence-electron chi connectivity index (χ4n) is 2.56. The van der Waals surface area contributed by atoms with Crippen LogP contribution in [0.4, 0.5) is 0 Å². The summed E-state index contributed by atoms with van der Waals surface area (Å²) in [6.45, 7) is 1.95. The van der Waals surface area contributed by atoms with Gasteiger partial charge in [0.25, 0.3) is 5.91 Å². The van der Waals surface area contributed by atoms with Gasteiger partial charge in [0.1, 0.15) is 5.75 Å². The number of rotatable bonds is 0. The first-order chi connectivity index (χ1) is 8.51. The molecule has 2 heterocycles. The standard InChI is InChI=1S/C12H11BrN2O2S/c1-6-5-12(10(16)14-11(18)15-12)8-4-7(13)2-3-9(8)17-6/h2-4,6H,5H2,1H3,(H2,14,15,16,18)/t6-,12?/m1/s1. The highest BCUT2D eigenvalue weighted by Gasteiger charge is 2.51. The molecule has 94 valence electrons. The Morgan fingerprint density at radius 1 is 1.56 bits per heavy atom. The van der Waals surface area contributed by atoms with E-state index in [4.69, 9.17) is 17.0 Å². The van der Waals surface area contributed by atoms with Gasteiger partial charge >= 0.3 is 0 Å². The summed E-state index contributed by atoms with van der Waals surface area (Å²) in [5.74, 6) is 0.617. The Labute approximate surface area is 118 Å². The number of halogens is 1. The number of hydrogen-bond donors (Lipinski definition) is 2. The fraction of sp³-hybridized carbons (Fsp3) is 0.333. The molecule has 0 aliphatic carbocycles. The Kier molecular flexibility index (Phi) is 2.60. The van der Waals surface area contributed by atoms with E-state index in [-0.39, 0.29) is 12.0 Å². The van der Waals surface area contributed by atoms with E-state index in [2.05, 4.69) is 26.6 Å². The lowest BCUT2D eigenvalue weighted by atomic mass is 9.82. The molecule has 0 radical (unpaired) electrons. The van der Waals surface area contributed by atoms with Crippen LogP contribution < -0.4 is 15.4 Å². The van der Waals surface area contributed by atoms with Gasteiger partial charge in [0, 0.05) is 16.5 Å². The van der Waals surface area contributed by atoms with Gasteiger partial charge in [-0.2, -0.15) is 0 Å². The smallest absolute Gasteiger partial charge is 0.256 e. The van der Waals surface area contributed by atoms with Gasteiger partial charge in [0.2, 0.25) is 0 Å². The van der Waals surface area contributed by atoms with E-state index in [0.29, 0.717) is 11.5 Å². The highest BCUT2D eigenvalue weighted by atomic mass is 79.9. The summed E-state index contributed by atoms with van der Waals surface area (Å²) in [5.41, 5.74) is 0.0285. The van der Waals surface area contributed by atoms with E-state index in [1.54, 1.807) is 0 Å². The summed E-state index contributed by atoms with van der Waals surface area (Å²) < 4.78 is 6.68. The van der Waals surface area contributed by atoms with Crippen LogP contribution in [0.5, 0.6) is 5.75 Å². The third kappa shape index (κ3) is 1.63. The van der Waals surface area contributed by atoms with Crippen LogP contribution in [-0.4, -0.2) is 17.1 Å². The molecule has 2 N–H and O–H groups in total. The molecule has 1 spiro atoms. The van der Waals surface area contributed by atoms with Crippen molar-refractivity contribution in [3.05, 3.63) is 28.2 Å². The monoisotopic (exact) mass is 326 g/mol. The second-order valence-electron chi connectivity index (χ2n) is 4.59. The summed E-state index contributed by atoms with van der Waals surface area (Å²) in [6.07, 6.45) is 0.514. The molecular weight excluding hydrogens is 316 g/mol. The summed E-state index contributed by atoms with van der Waals surface area (Å²) >= 11 is 8.48. The maximum absolute atomic E-state index is 12.2. The minimum Gasteiger partial charge on any atom is -0.490 e. The molecule has 2 aliphatic heterocycles. The molecule has 1 saturated heterocycles. The first-order valence-corrected chi connectivity index (χ1v) is 6.82. The topological polar surface area (TPSA) is 50.4 Å². The Hall–Kier alpha value is -1.14. The van der Waals surface area contributed by atoms with E-state index in [0.717, 1.165) is 15.8 Å². The summed E-state index contributed by atoms with van der Waals surface area (Å²) in [4.78, 5) is 12.2.